The van der Waals surface area contributed by atoms with Crippen LogP contribution in [0.25, 0.3) is 6.08 Å². The van der Waals surface area contributed by atoms with Crippen molar-refractivity contribution in [2.24, 2.45) is 5.92 Å². The average Bonchev–Trinajstić information content (AvgIpc) is 3.41. The van der Waals surface area contributed by atoms with Crippen molar-refractivity contribution in [3.63, 3.8) is 0 Å². The molecular weight excluding hydrogens is 458 g/mol. The Balaban J connectivity index is 0. The van der Waals surface area contributed by atoms with E-state index in [4.69, 9.17) is 9.47 Å². The maximum Gasteiger partial charge on any atom is 0.243 e. The van der Waals surface area contributed by atoms with Gasteiger partial charge < -0.3 is 30.2 Å². The van der Waals surface area contributed by atoms with E-state index in [2.05, 4.69) is 20.7 Å². The quantitative estimate of drug-likeness (QED) is 0.372. The first-order valence-electron chi connectivity index (χ1n) is 13.1. The lowest BCUT2D eigenvalue weighted by atomic mass is 10.1. The number of hydrogen-bond donors (Lipinski definition) is 3. The molecule has 1 aliphatic carbocycles. The van der Waals surface area contributed by atoms with Crippen molar-refractivity contribution in [2.75, 3.05) is 46.8 Å². The Kier molecular flexibility index (Phi) is 22.3. The van der Waals surface area contributed by atoms with Gasteiger partial charge in [-0.25, -0.2) is 0 Å². The van der Waals surface area contributed by atoms with Gasteiger partial charge in [-0.2, -0.15) is 0 Å². The molecule has 0 spiro atoms. The Morgan fingerprint density at radius 1 is 1.00 bits per heavy atom. The van der Waals surface area contributed by atoms with Crippen LogP contribution < -0.4 is 25.4 Å². The highest BCUT2D eigenvalue weighted by atomic mass is 16.5. The van der Waals surface area contributed by atoms with E-state index in [1.807, 2.05) is 41.5 Å². The lowest BCUT2D eigenvalue weighted by Crippen LogP contribution is -2.38. The molecule has 36 heavy (non-hydrogen) atoms. The molecule has 0 aromatic heterocycles. The topological polar surface area (TPSA) is 97.9 Å². The van der Waals surface area contributed by atoms with E-state index < -0.39 is 0 Å². The Bertz CT molecular complexity index is 747. The maximum absolute atomic E-state index is 12.5. The predicted molar refractivity (Wildman–Crippen MR) is 151 cm³/mol. The zero-order valence-electron chi connectivity index (χ0n) is 24.2. The second-order valence-corrected chi connectivity index (χ2v) is 7.67. The molecule has 1 saturated carbocycles. The molecular formula is C28H51N3O5. The summed E-state index contributed by atoms with van der Waals surface area (Å²) < 4.78 is 15.2. The molecule has 3 N–H and O–H groups in total. The summed E-state index contributed by atoms with van der Waals surface area (Å²) in [7, 11) is 6.41. The molecule has 0 bridgehead atoms. The number of nitrogens with one attached hydrogen (secondary N) is 3. The number of ether oxygens (including phenoxy) is 3. The summed E-state index contributed by atoms with van der Waals surface area (Å²) in [5.41, 5.74) is 1.38. The lowest BCUT2D eigenvalue weighted by Gasteiger charge is -2.20. The number of hydrogen-bond acceptors (Lipinski definition) is 6. The lowest BCUT2D eigenvalue weighted by molar-refractivity contribution is -0.124. The zero-order chi connectivity index (χ0) is 27.9. The molecule has 1 aromatic rings. The summed E-state index contributed by atoms with van der Waals surface area (Å²) in [5, 5.41) is 9.18. The minimum absolute atomic E-state index is 0.0469. The molecule has 1 atom stereocenters. The molecule has 0 radical (unpaired) electrons. The molecule has 1 aromatic carbocycles. The SMILES string of the molecule is CC.CC.CCNC(=O)/C=C/c1c(OC)ccc(OC)c1NCC(C)C(=O)NC1CCCC1.COC. The monoisotopic (exact) mass is 509 g/mol. The molecule has 0 saturated heterocycles. The fourth-order valence-corrected chi connectivity index (χ4v) is 3.43. The van der Waals surface area contributed by atoms with Crippen molar-refractivity contribution in [1.82, 2.24) is 10.6 Å². The minimum Gasteiger partial charge on any atom is -0.496 e. The van der Waals surface area contributed by atoms with E-state index >= 15 is 0 Å². The molecule has 2 rings (SSSR count). The van der Waals surface area contributed by atoms with Crippen molar-refractivity contribution in [3.8, 4) is 11.5 Å². The highest BCUT2D eigenvalue weighted by molar-refractivity contribution is 5.94. The Morgan fingerprint density at radius 3 is 2.03 bits per heavy atom. The second-order valence-electron chi connectivity index (χ2n) is 7.67. The standard InChI is InChI=1S/C22H33N3O4.C2H6O.2C2H6/c1-5-23-20(26)13-10-17-18(28-3)11-12-19(29-4)21(17)24-14-15(2)22(27)25-16-8-6-7-9-16;1-3-2;2*1-2/h10-13,15-16,24H,5-9,14H2,1-4H3,(H,23,26)(H,25,27);1-2H3;2*1-2H3/b13-10+;;;. The van der Waals surface area contributed by atoms with Crippen LogP contribution in [0.15, 0.2) is 18.2 Å². The Hall–Kier alpha value is -2.74. The molecule has 0 heterocycles. The highest BCUT2D eigenvalue weighted by Crippen LogP contribution is 2.36. The van der Waals surface area contributed by atoms with Gasteiger partial charge in [0.2, 0.25) is 11.8 Å². The van der Waals surface area contributed by atoms with E-state index in [1.54, 1.807) is 46.6 Å². The normalized spacial score (nSPS) is 13.1. The number of carbonyl (C=O) groups is 2. The number of likely N-dealkylation sites (N-methyl/N-ethyl adjacent to an activating group) is 1. The maximum atomic E-state index is 12.5. The molecule has 2 amide bonds. The van der Waals surface area contributed by atoms with Gasteiger partial charge in [-0.05, 0) is 38.0 Å². The van der Waals surface area contributed by atoms with Crippen LogP contribution in [-0.4, -0.2) is 59.4 Å². The highest BCUT2D eigenvalue weighted by Gasteiger charge is 2.21. The van der Waals surface area contributed by atoms with Crippen LogP contribution in [0.5, 0.6) is 11.5 Å². The average molecular weight is 510 g/mol. The third-order valence-electron chi connectivity index (χ3n) is 5.09. The number of benzene rings is 1. The molecule has 0 aliphatic heterocycles. The minimum atomic E-state index is -0.216. The molecule has 8 heteroatoms. The van der Waals surface area contributed by atoms with Gasteiger partial charge >= 0.3 is 0 Å². The predicted octanol–water partition coefficient (Wildman–Crippen LogP) is 5.27. The first-order valence-corrected chi connectivity index (χ1v) is 13.1. The van der Waals surface area contributed by atoms with Crippen molar-refractivity contribution < 1.29 is 23.8 Å². The number of rotatable bonds is 10. The van der Waals surface area contributed by atoms with Crippen LogP contribution in [0.4, 0.5) is 5.69 Å². The van der Waals surface area contributed by atoms with E-state index in [-0.39, 0.29) is 17.7 Å². The van der Waals surface area contributed by atoms with Crippen molar-refractivity contribution >= 4 is 23.6 Å². The molecule has 8 nitrogen and oxygen atoms in total. The summed E-state index contributed by atoms with van der Waals surface area (Å²) in [6.07, 6.45) is 7.63. The first-order chi connectivity index (χ1) is 17.4. The number of anilines is 1. The Morgan fingerprint density at radius 2 is 1.53 bits per heavy atom. The summed E-state index contributed by atoms with van der Waals surface area (Å²) in [6.45, 7) is 12.7. The van der Waals surface area contributed by atoms with Gasteiger partial charge in [0.25, 0.3) is 0 Å². The number of amides is 2. The van der Waals surface area contributed by atoms with Crippen molar-refractivity contribution in [2.45, 2.75) is 73.3 Å². The van der Waals surface area contributed by atoms with Crippen LogP contribution in [-0.2, 0) is 14.3 Å². The van der Waals surface area contributed by atoms with Crippen molar-refractivity contribution in [1.29, 1.82) is 0 Å². The van der Waals surface area contributed by atoms with Gasteiger partial charge in [-0.1, -0.05) is 47.5 Å². The van der Waals surface area contributed by atoms with Gasteiger partial charge in [0.15, 0.2) is 0 Å². The van der Waals surface area contributed by atoms with Crippen molar-refractivity contribution in [3.05, 3.63) is 23.8 Å². The fraction of sp³-hybridized carbons (Fsp3) is 0.643. The number of carbonyl (C=O) groups excluding carboxylic acids is 2. The van der Waals surface area contributed by atoms with Crippen LogP contribution >= 0.6 is 0 Å². The van der Waals surface area contributed by atoms with Crippen LogP contribution in [0.2, 0.25) is 0 Å². The summed E-state index contributed by atoms with van der Waals surface area (Å²) in [4.78, 5) is 24.4. The zero-order valence-corrected chi connectivity index (χ0v) is 24.2. The van der Waals surface area contributed by atoms with Crippen LogP contribution in [0, 0.1) is 5.92 Å². The van der Waals surface area contributed by atoms with E-state index in [0.29, 0.717) is 41.9 Å². The Labute approximate surface area is 219 Å². The molecule has 1 aliphatic rings. The van der Waals surface area contributed by atoms with Crippen LogP contribution in [0.1, 0.15) is 72.8 Å². The first kappa shape index (κ1) is 35.4. The van der Waals surface area contributed by atoms with Crippen LogP contribution in [0.3, 0.4) is 0 Å². The summed E-state index contributed by atoms with van der Waals surface area (Å²) in [5.74, 6) is 0.867. The summed E-state index contributed by atoms with van der Waals surface area (Å²) in [6, 6.07) is 3.89. The molecule has 1 unspecified atom stereocenters. The van der Waals surface area contributed by atoms with Gasteiger partial charge in [0.1, 0.15) is 11.5 Å². The van der Waals surface area contributed by atoms with Gasteiger partial charge in [0.05, 0.1) is 25.8 Å². The van der Waals surface area contributed by atoms with Gasteiger partial charge in [-0.3, -0.25) is 9.59 Å². The van der Waals surface area contributed by atoms with E-state index in [1.165, 1.54) is 18.9 Å². The number of methoxy groups -OCH3 is 3. The van der Waals surface area contributed by atoms with E-state index in [9.17, 15) is 9.59 Å². The smallest absolute Gasteiger partial charge is 0.243 e. The largest absolute Gasteiger partial charge is 0.496 e. The summed E-state index contributed by atoms with van der Waals surface area (Å²) >= 11 is 0. The third kappa shape index (κ3) is 13.4. The van der Waals surface area contributed by atoms with Gasteiger partial charge in [-0.15, -0.1) is 0 Å². The van der Waals surface area contributed by atoms with Gasteiger partial charge in [0, 0.05) is 45.0 Å². The third-order valence-corrected chi connectivity index (χ3v) is 5.09. The second kappa shape index (κ2) is 22.7. The molecule has 1 fully saturated rings. The van der Waals surface area contributed by atoms with E-state index in [0.717, 1.165) is 12.8 Å². The molecule has 208 valence electrons. The fourth-order valence-electron chi connectivity index (χ4n) is 3.43.